The molecule has 1 N–H and O–H groups in total. The van der Waals surface area contributed by atoms with Gasteiger partial charge in [0.1, 0.15) is 0 Å². The topological polar surface area (TPSA) is 77.2 Å². The summed E-state index contributed by atoms with van der Waals surface area (Å²) in [6.45, 7) is 0. The minimum atomic E-state index is -1.09. The molecule has 0 aliphatic heterocycles. The molecule has 6 heteroatoms. The Morgan fingerprint density at radius 3 is 2.69 bits per heavy atom. The number of carboxylic acids is 1. The molecule has 0 fully saturated rings. The van der Waals surface area contributed by atoms with Gasteiger partial charge in [0, 0.05) is 12.4 Å². The van der Waals surface area contributed by atoms with Gasteiger partial charge in [-0.15, -0.1) is 0 Å². The minimum Gasteiger partial charge on any atom is -0.493 e. The van der Waals surface area contributed by atoms with Crippen molar-refractivity contribution in [1.29, 1.82) is 0 Å². The van der Waals surface area contributed by atoms with Crippen LogP contribution in [-0.4, -0.2) is 33.0 Å². The summed E-state index contributed by atoms with van der Waals surface area (Å²) in [4.78, 5) is 14.9. The second-order valence-electron chi connectivity index (χ2n) is 2.98. The number of carbonyl (C=O) groups is 1. The lowest BCUT2D eigenvalue weighted by atomic mass is 10.3. The van der Waals surface area contributed by atoms with Crippen LogP contribution >= 0.6 is 0 Å². The van der Waals surface area contributed by atoms with Crippen LogP contribution in [0.25, 0.3) is 5.69 Å². The third-order valence-corrected chi connectivity index (χ3v) is 2.07. The summed E-state index contributed by atoms with van der Waals surface area (Å²) >= 11 is 0. The normalized spacial score (nSPS) is 10.1. The molecular formula is C10H9N3O3. The molecule has 0 amide bonds. The van der Waals surface area contributed by atoms with Gasteiger partial charge in [0.25, 0.3) is 0 Å². The molecular weight excluding hydrogens is 210 g/mol. The summed E-state index contributed by atoms with van der Waals surface area (Å²) in [5, 5.41) is 13.0. The van der Waals surface area contributed by atoms with Crippen molar-refractivity contribution >= 4 is 5.97 Å². The number of hydrogen-bond acceptors (Lipinski definition) is 4. The minimum absolute atomic E-state index is 0.00583. The Labute approximate surface area is 91.1 Å². The molecule has 0 spiro atoms. The van der Waals surface area contributed by atoms with E-state index >= 15 is 0 Å². The highest BCUT2D eigenvalue weighted by Gasteiger charge is 2.19. The first-order chi connectivity index (χ1) is 7.74. The van der Waals surface area contributed by atoms with E-state index in [9.17, 15) is 4.79 Å². The molecule has 0 bridgehead atoms. The molecule has 0 radical (unpaired) electrons. The van der Waals surface area contributed by atoms with E-state index in [4.69, 9.17) is 9.84 Å². The largest absolute Gasteiger partial charge is 0.493 e. The van der Waals surface area contributed by atoms with Gasteiger partial charge in [-0.25, -0.2) is 9.48 Å². The highest BCUT2D eigenvalue weighted by molar-refractivity contribution is 5.89. The van der Waals surface area contributed by atoms with Crippen LogP contribution in [0.5, 0.6) is 5.75 Å². The average Bonchev–Trinajstić information content (AvgIpc) is 2.73. The zero-order valence-corrected chi connectivity index (χ0v) is 8.49. The van der Waals surface area contributed by atoms with Gasteiger partial charge in [0.15, 0.2) is 11.4 Å². The lowest BCUT2D eigenvalue weighted by molar-refractivity contribution is 0.0683. The maximum absolute atomic E-state index is 11.1. The molecule has 0 aliphatic rings. The maximum Gasteiger partial charge on any atom is 0.358 e. The molecule has 6 nitrogen and oxygen atoms in total. The first-order valence-electron chi connectivity index (χ1n) is 4.49. The van der Waals surface area contributed by atoms with Crippen LogP contribution in [0.3, 0.4) is 0 Å². The molecule has 2 rings (SSSR count). The van der Waals surface area contributed by atoms with Gasteiger partial charge in [0.2, 0.25) is 0 Å². The standard InChI is InChI=1S/C10H9N3O3/c1-16-8-6-12-13(9(8)10(14)15)7-2-4-11-5-3-7/h2-6H,1H3,(H,14,15). The maximum atomic E-state index is 11.1. The second-order valence-corrected chi connectivity index (χ2v) is 2.98. The lowest BCUT2D eigenvalue weighted by Crippen LogP contribution is -2.09. The SMILES string of the molecule is COc1cnn(-c2ccncc2)c1C(=O)O. The van der Waals surface area contributed by atoms with Crippen LogP contribution in [0.15, 0.2) is 30.7 Å². The Bertz CT molecular complexity index is 507. The van der Waals surface area contributed by atoms with Crippen LogP contribution in [0.1, 0.15) is 10.5 Å². The Morgan fingerprint density at radius 1 is 1.44 bits per heavy atom. The van der Waals surface area contributed by atoms with E-state index < -0.39 is 5.97 Å². The van der Waals surface area contributed by atoms with Gasteiger partial charge >= 0.3 is 5.97 Å². The number of aromatic carboxylic acids is 1. The summed E-state index contributed by atoms with van der Waals surface area (Å²) in [6, 6.07) is 3.33. The fourth-order valence-electron chi connectivity index (χ4n) is 1.36. The van der Waals surface area contributed by atoms with Crippen molar-refractivity contribution in [2.45, 2.75) is 0 Å². The molecule has 0 aliphatic carbocycles. The van der Waals surface area contributed by atoms with E-state index in [-0.39, 0.29) is 11.4 Å². The smallest absolute Gasteiger partial charge is 0.358 e. The predicted octanol–water partition coefficient (Wildman–Crippen LogP) is 0.974. The Morgan fingerprint density at radius 2 is 2.12 bits per heavy atom. The lowest BCUT2D eigenvalue weighted by Gasteiger charge is -2.04. The molecule has 2 heterocycles. The number of carboxylic acid groups (broad SMARTS) is 1. The average molecular weight is 219 g/mol. The van der Waals surface area contributed by atoms with E-state index in [0.717, 1.165) is 0 Å². The fraction of sp³-hybridized carbons (Fsp3) is 0.100. The van der Waals surface area contributed by atoms with Crippen molar-refractivity contribution in [2.24, 2.45) is 0 Å². The number of rotatable bonds is 3. The van der Waals surface area contributed by atoms with Crippen LogP contribution in [0, 0.1) is 0 Å². The number of hydrogen-bond donors (Lipinski definition) is 1. The fourth-order valence-corrected chi connectivity index (χ4v) is 1.36. The Kier molecular flexibility index (Phi) is 2.55. The van der Waals surface area contributed by atoms with Crippen LogP contribution in [0.2, 0.25) is 0 Å². The van der Waals surface area contributed by atoms with E-state index in [0.29, 0.717) is 5.69 Å². The van der Waals surface area contributed by atoms with E-state index in [1.54, 1.807) is 24.5 Å². The van der Waals surface area contributed by atoms with Crippen molar-refractivity contribution in [3.63, 3.8) is 0 Å². The molecule has 0 atom stereocenters. The number of ether oxygens (including phenoxy) is 1. The summed E-state index contributed by atoms with van der Waals surface area (Å²) in [7, 11) is 1.40. The number of methoxy groups -OCH3 is 1. The van der Waals surface area contributed by atoms with Crippen LogP contribution in [-0.2, 0) is 0 Å². The number of pyridine rings is 1. The Hall–Kier alpha value is -2.37. The molecule has 2 aromatic rings. The quantitative estimate of drug-likeness (QED) is 0.832. The summed E-state index contributed by atoms with van der Waals surface area (Å²) in [5.74, 6) is -0.865. The molecule has 0 unspecified atom stereocenters. The summed E-state index contributed by atoms with van der Waals surface area (Å²) < 4.78 is 6.22. The van der Waals surface area contributed by atoms with E-state index in [1.165, 1.54) is 18.0 Å². The first-order valence-corrected chi connectivity index (χ1v) is 4.49. The first kappa shape index (κ1) is 10.2. The number of aromatic nitrogens is 3. The molecule has 16 heavy (non-hydrogen) atoms. The molecule has 0 saturated carbocycles. The van der Waals surface area contributed by atoms with Gasteiger partial charge in [-0.2, -0.15) is 5.10 Å². The second kappa shape index (κ2) is 4.01. The highest BCUT2D eigenvalue weighted by atomic mass is 16.5. The van der Waals surface area contributed by atoms with Gasteiger partial charge in [-0.3, -0.25) is 4.98 Å². The van der Waals surface area contributed by atoms with Gasteiger partial charge in [-0.05, 0) is 12.1 Å². The van der Waals surface area contributed by atoms with Gasteiger partial charge in [-0.1, -0.05) is 0 Å². The summed E-state index contributed by atoms with van der Waals surface area (Å²) in [5.41, 5.74) is 0.615. The van der Waals surface area contributed by atoms with Crippen LogP contribution in [0.4, 0.5) is 0 Å². The van der Waals surface area contributed by atoms with Crippen molar-refractivity contribution in [1.82, 2.24) is 14.8 Å². The monoisotopic (exact) mass is 219 g/mol. The van der Waals surface area contributed by atoms with Crippen molar-refractivity contribution in [3.8, 4) is 11.4 Å². The summed E-state index contributed by atoms with van der Waals surface area (Å²) in [6.07, 6.45) is 4.49. The highest BCUT2D eigenvalue weighted by Crippen LogP contribution is 2.20. The Balaban J connectivity index is 2.58. The van der Waals surface area contributed by atoms with Crippen molar-refractivity contribution in [2.75, 3.05) is 7.11 Å². The molecule has 0 saturated heterocycles. The van der Waals surface area contributed by atoms with Crippen molar-refractivity contribution < 1.29 is 14.6 Å². The van der Waals surface area contributed by atoms with Gasteiger partial charge in [0.05, 0.1) is 19.0 Å². The van der Waals surface area contributed by atoms with E-state index in [2.05, 4.69) is 10.1 Å². The predicted molar refractivity (Wildman–Crippen MR) is 54.9 cm³/mol. The number of nitrogens with zero attached hydrogens (tertiary/aromatic N) is 3. The van der Waals surface area contributed by atoms with Crippen molar-refractivity contribution in [3.05, 3.63) is 36.4 Å². The zero-order chi connectivity index (χ0) is 11.5. The van der Waals surface area contributed by atoms with E-state index in [1.807, 2.05) is 0 Å². The third kappa shape index (κ3) is 1.60. The molecule has 82 valence electrons. The van der Waals surface area contributed by atoms with Gasteiger partial charge < -0.3 is 9.84 Å². The zero-order valence-electron chi connectivity index (χ0n) is 8.49. The van der Waals surface area contributed by atoms with Crippen LogP contribution < -0.4 is 4.74 Å². The molecule has 2 aromatic heterocycles. The third-order valence-electron chi connectivity index (χ3n) is 2.07. The molecule has 0 aromatic carbocycles.